The summed E-state index contributed by atoms with van der Waals surface area (Å²) in [5.74, 6) is 3.34. The summed E-state index contributed by atoms with van der Waals surface area (Å²) in [7, 11) is 1.56. The standard InChI is InChI=1S/C20H26ClNO3/c1-3-25-18-16(21)7-15(8-17(18)24-2)19(23)22-20-9-12-4-13(10-20)6-14(5-12)11-20/h7-8,12-14H,3-6,9-11H2,1-2H3,(H,22,23). The van der Waals surface area contributed by atoms with Crippen LogP contribution in [0.5, 0.6) is 11.5 Å². The molecule has 0 unspecified atom stereocenters. The Morgan fingerprint density at radius 3 is 2.32 bits per heavy atom. The van der Waals surface area contributed by atoms with Gasteiger partial charge in [-0.25, -0.2) is 0 Å². The van der Waals surface area contributed by atoms with E-state index in [-0.39, 0.29) is 11.4 Å². The first kappa shape index (κ1) is 17.0. The zero-order chi connectivity index (χ0) is 17.6. The van der Waals surface area contributed by atoms with Gasteiger partial charge < -0.3 is 14.8 Å². The minimum Gasteiger partial charge on any atom is -0.493 e. The molecule has 5 rings (SSSR count). The van der Waals surface area contributed by atoms with Crippen LogP contribution in [0.3, 0.4) is 0 Å². The Hall–Kier alpha value is -1.42. The largest absolute Gasteiger partial charge is 0.493 e. The number of hydrogen-bond acceptors (Lipinski definition) is 3. The lowest BCUT2D eigenvalue weighted by Gasteiger charge is -2.56. The Balaban J connectivity index is 1.56. The summed E-state index contributed by atoms with van der Waals surface area (Å²) < 4.78 is 10.9. The summed E-state index contributed by atoms with van der Waals surface area (Å²) in [5.41, 5.74) is 0.533. The molecule has 136 valence electrons. The van der Waals surface area contributed by atoms with Crippen molar-refractivity contribution in [3.05, 3.63) is 22.7 Å². The topological polar surface area (TPSA) is 47.6 Å². The van der Waals surface area contributed by atoms with Gasteiger partial charge in [0.15, 0.2) is 11.5 Å². The molecule has 4 fully saturated rings. The fourth-order valence-electron chi connectivity index (χ4n) is 5.71. The molecular formula is C20H26ClNO3. The van der Waals surface area contributed by atoms with Gasteiger partial charge in [0.2, 0.25) is 0 Å². The molecule has 0 atom stereocenters. The van der Waals surface area contributed by atoms with Crippen LogP contribution in [0.25, 0.3) is 0 Å². The summed E-state index contributed by atoms with van der Waals surface area (Å²) in [5, 5.41) is 3.79. The number of methoxy groups -OCH3 is 1. The van der Waals surface area contributed by atoms with Crippen molar-refractivity contribution in [1.82, 2.24) is 5.32 Å². The van der Waals surface area contributed by atoms with E-state index in [2.05, 4.69) is 5.32 Å². The summed E-state index contributed by atoms with van der Waals surface area (Å²) in [6.45, 7) is 2.39. The molecule has 0 saturated heterocycles. The van der Waals surface area contributed by atoms with Crippen molar-refractivity contribution in [1.29, 1.82) is 0 Å². The Morgan fingerprint density at radius 1 is 1.20 bits per heavy atom. The number of carbonyl (C=O) groups is 1. The van der Waals surface area contributed by atoms with Gasteiger partial charge in [-0.05, 0) is 75.3 Å². The Bertz CT molecular complexity index is 652. The summed E-state index contributed by atoms with van der Waals surface area (Å²) in [4.78, 5) is 13.0. The average molecular weight is 364 g/mol. The average Bonchev–Trinajstić information content (AvgIpc) is 2.54. The monoisotopic (exact) mass is 363 g/mol. The van der Waals surface area contributed by atoms with E-state index in [4.69, 9.17) is 21.1 Å². The van der Waals surface area contributed by atoms with Crippen LogP contribution in [-0.4, -0.2) is 25.2 Å². The van der Waals surface area contributed by atoms with E-state index >= 15 is 0 Å². The van der Waals surface area contributed by atoms with Gasteiger partial charge in [0.05, 0.1) is 18.7 Å². The van der Waals surface area contributed by atoms with Crippen LogP contribution in [0.2, 0.25) is 5.02 Å². The maximum Gasteiger partial charge on any atom is 0.251 e. The molecule has 25 heavy (non-hydrogen) atoms. The molecule has 4 nitrogen and oxygen atoms in total. The summed E-state index contributed by atoms with van der Waals surface area (Å²) in [6.07, 6.45) is 7.47. The highest BCUT2D eigenvalue weighted by Crippen LogP contribution is 2.55. The van der Waals surface area contributed by atoms with Crippen molar-refractivity contribution < 1.29 is 14.3 Å². The lowest BCUT2D eigenvalue weighted by atomic mass is 9.53. The van der Waals surface area contributed by atoms with Gasteiger partial charge in [-0.3, -0.25) is 4.79 Å². The van der Waals surface area contributed by atoms with Crippen LogP contribution in [0.15, 0.2) is 12.1 Å². The number of hydrogen-bond donors (Lipinski definition) is 1. The van der Waals surface area contributed by atoms with Crippen molar-refractivity contribution in [2.24, 2.45) is 17.8 Å². The fourth-order valence-corrected chi connectivity index (χ4v) is 5.98. The first-order valence-corrected chi connectivity index (χ1v) is 9.72. The molecule has 4 saturated carbocycles. The van der Waals surface area contributed by atoms with Crippen LogP contribution in [-0.2, 0) is 0 Å². The predicted octanol–water partition coefficient (Wildman–Crippen LogP) is 4.45. The number of amides is 1. The van der Waals surface area contributed by atoms with Crippen molar-refractivity contribution in [2.45, 2.75) is 51.0 Å². The van der Waals surface area contributed by atoms with Crippen molar-refractivity contribution in [3.8, 4) is 11.5 Å². The number of halogens is 1. The highest BCUT2D eigenvalue weighted by molar-refractivity contribution is 6.32. The van der Waals surface area contributed by atoms with Crippen LogP contribution >= 0.6 is 11.6 Å². The van der Waals surface area contributed by atoms with Crippen molar-refractivity contribution >= 4 is 17.5 Å². The number of carbonyl (C=O) groups excluding carboxylic acids is 1. The molecule has 1 aromatic rings. The molecule has 4 aliphatic carbocycles. The van der Waals surface area contributed by atoms with Crippen LogP contribution < -0.4 is 14.8 Å². The highest BCUT2D eigenvalue weighted by atomic mass is 35.5. The molecule has 0 spiro atoms. The number of nitrogens with one attached hydrogen (secondary N) is 1. The molecule has 4 bridgehead atoms. The van der Waals surface area contributed by atoms with Crippen LogP contribution in [0, 0.1) is 17.8 Å². The molecule has 5 heteroatoms. The summed E-state index contributed by atoms with van der Waals surface area (Å²) >= 11 is 6.33. The second-order valence-corrected chi connectivity index (χ2v) is 8.48. The SMILES string of the molecule is CCOc1c(Cl)cc(C(=O)NC23CC4CC(CC(C4)C2)C3)cc1OC. The Morgan fingerprint density at radius 2 is 1.80 bits per heavy atom. The van der Waals surface area contributed by atoms with Gasteiger partial charge in [0, 0.05) is 11.1 Å². The van der Waals surface area contributed by atoms with Gasteiger partial charge in [-0.2, -0.15) is 0 Å². The lowest BCUT2D eigenvalue weighted by molar-refractivity contribution is -0.0167. The van der Waals surface area contributed by atoms with E-state index in [0.29, 0.717) is 28.7 Å². The molecule has 0 radical (unpaired) electrons. The Labute approximate surface area is 154 Å². The van der Waals surface area contributed by atoms with E-state index in [1.165, 1.54) is 19.3 Å². The fraction of sp³-hybridized carbons (Fsp3) is 0.650. The minimum atomic E-state index is -0.0507. The third kappa shape index (κ3) is 3.10. The van der Waals surface area contributed by atoms with E-state index in [1.807, 2.05) is 6.92 Å². The lowest BCUT2D eigenvalue weighted by Crippen LogP contribution is -2.59. The third-order valence-electron chi connectivity index (χ3n) is 6.20. The maximum absolute atomic E-state index is 13.0. The normalized spacial score (nSPS) is 32.5. The molecule has 0 aromatic heterocycles. The number of rotatable bonds is 5. The maximum atomic E-state index is 13.0. The van der Waals surface area contributed by atoms with Gasteiger partial charge in [0.1, 0.15) is 0 Å². The van der Waals surface area contributed by atoms with Crippen LogP contribution in [0.4, 0.5) is 0 Å². The number of benzene rings is 1. The molecule has 0 aliphatic heterocycles. The molecule has 1 aromatic carbocycles. The number of ether oxygens (including phenoxy) is 2. The van der Waals surface area contributed by atoms with E-state index in [9.17, 15) is 4.79 Å². The van der Waals surface area contributed by atoms with Gasteiger partial charge in [-0.15, -0.1) is 0 Å². The molecule has 1 amide bonds. The zero-order valence-corrected chi connectivity index (χ0v) is 15.7. The first-order valence-electron chi connectivity index (χ1n) is 9.34. The van der Waals surface area contributed by atoms with Crippen molar-refractivity contribution in [2.75, 3.05) is 13.7 Å². The van der Waals surface area contributed by atoms with E-state index in [0.717, 1.165) is 37.0 Å². The quantitative estimate of drug-likeness (QED) is 0.840. The summed E-state index contributed by atoms with van der Waals surface area (Å²) in [6, 6.07) is 3.41. The molecule has 4 aliphatic rings. The molecule has 0 heterocycles. The zero-order valence-electron chi connectivity index (χ0n) is 14.9. The minimum absolute atomic E-state index is 0.00979. The smallest absolute Gasteiger partial charge is 0.251 e. The van der Waals surface area contributed by atoms with E-state index in [1.54, 1.807) is 19.2 Å². The molecule has 1 N–H and O–H groups in total. The van der Waals surface area contributed by atoms with Gasteiger partial charge in [0.25, 0.3) is 5.91 Å². The first-order chi connectivity index (χ1) is 12.0. The van der Waals surface area contributed by atoms with Gasteiger partial charge in [-0.1, -0.05) is 11.6 Å². The molecular weight excluding hydrogens is 338 g/mol. The van der Waals surface area contributed by atoms with Crippen molar-refractivity contribution in [3.63, 3.8) is 0 Å². The third-order valence-corrected chi connectivity index (χ3v) is 6.48. The Kier molecular flexibility index (Phi) is 4.35. The highest BCUT2D eigenvalue weighted by Gasteiger charge is 2.51. The second kappa shape index (κ2) is 6.39. The predicted molar refractivity (Wildman–Crippen MR) is 97.5 cm³/mol. The van der Waals surface area contributed by atoms with Crippen LogP contribution in [0.1, 0.15) is 55.8 Å². The van der Waals surface area contributed by atoms with E-state index < -0.39 is 0 Å². The van der Waals surface area contributed by atoms with Gasteiger partial charge >= 0.3 is 0 Å². The second-order valence-electron chi connectivity index (χ2n) is 8.07.